The Kier molecular flexibility index (Phi) is 5.51. The van der Waals surface area contributed by atoms with E-state index in [1.165, 1.54) is 0 Å². The molecule has 19 heavy (non-hydrogen) atoms. The van der Waals surface area contributed by atoms with Crippen molar-refractivity contribution in [1.82, 2.24) is 5.32 Å². The predicted molar refractivity (Wildman–Crippen MR) is 73.7 cm³/mol. The molecule has 5 nitrogen and oxygen atoms in total. The number of hydrogen-bond acceptors (Lipinski definition) is 3. The molecule has 1 aromatic carbocycles. The van der Waals surface area contributed by atoms with Crippen LogP contribution in [0.5, 0.6) is 0 Å². The van der Waals surface area contributed by atoms with Crippen molar-refractivity contribution in [3.63, 3.8) is 0 Å². The van der Waals surface area contributed by atoms with E-state index in [0.717, 1.165) is 0 Å². The molecule has 1 rings (SSSR count). The van der Waals surface area contributed by atoms with Crippen LogP contribution in [0.25, 0.3) is 0 Å². The number of carbonyl (C=O) groups excluding carboxylic acids is 2. The number of carbonyl (C=O) groups is 2. The minimum atomic E-state index is -1.14. The van der Waals surface area contributed by atoms with Crippen LogP contribution in [-0.4, -0.2) is 32.1 Å². The summed E-state index contributed by atoms with van der Waals surface area (Å²) in [6.45, 7) is 3.99. The number of ether oxygens (including phenoxy) is 1. The van der Waals surface area contributed by atoms with E-state index in [1.807, 2.05) is 18.2 Å². The maximum Gasteiger partial charge on any atom is 0.239 e. The first-order valence-corrected chi connectivity index (χ1v) is 6.12. The lowest BCUT2D eigenvalue weighted by molar-refractivity contribution is -0.138. The first kappa shape index (κ1) is 15.2. The zero-order valence-electron chi connectivity index (χ0n) is 11.5. The second kappa shape index (κ2) is 6.89. The van der Waals surface area contributed by atoms with Gasteiger partial charge in [0.15, 0.2) is 0 Å². The average Bonchev–Trinajstić information content (AvgIpc) is 2.40. The molecule has 2 N–H and O–H groups in total. The minimum Gasteiger partial charge on any atom is -0.383 e. The van der Waals surface area contributed by atoms with Gasteiger partial charge in [0.25, 0.3) is 0 Å². The maximum atomic E-state index is 12.1. The van der Waals surface area contributed by atoms with Crippen molar-refractivity contribution in [2.45, 2.75) is 13.8 Å². The summed E-state index contributed by atoms with van der Waals surface area (Å²) < 4.78 is 4.85. The van der Waals surface area contributed by atoms with Gasteiger partial charge in [-0.3, -0.25) is 9.59 Å². The summed E-state index contributed by atoms with van der Waals surface area (Å²) in [5, 5.41) is 5.39. The van der Waals surface area contributed by atoms with Gasteiger partial charge in [-0.25, -0.2) is 0 Å². The second-order valence-corrected chi connectivity index (χ2v) is 4.69. The third-order valence-corrected chi connectivity index (χ3v) is 2.76. The fraction of sp³-hybridized carbons (Fsp3) is 0.429. The van der Waals surface area contributed by atoms with Crippen molar-refractivity contribution in [1.29, 1.82) is 0 Å². The Morgan fingerprint density at radius 2 is 1.79 bits per heavy atom. The first-order chi connectivity index (χ1) is 8.98. The van der Waals surface area contributed by atoms with Crippen molar-refractivity contribution in [2.24, 2.45) is 5.41 Å². The summed E-state index contributed by atoms with van der Waals surface area (Å²) in [5.74, 6) is -0.661. The Bertz CT molecular complexity index is 430. The molecule has 0 heterocycles. The van der Waals surface area contributed by atoms with Crippen molar-refractivity contribution >= 4 is 17.5 Å². The monoisotopic (exact) mass is 264 g/mol. The van der Waals surface area contributed by atoms with Gasteiger partial charge in [0, 0.05) is 19.3 Å². The SMILES string of the molecule is COCCNC(=O)C(C)(C)C(=O)Nc1ccccc1. The van der Waals surface area contributed by atoms with E-state index < -0.39 is 5.41 Å². The fourth-order valence-corrected chi connectivity index (χ4v) is 1.40. The quantitative estimate of drug-likeness (QED) is 0.603. The summed E-state index contributed by atoms with van der Waals surface area (Å²) in [7, 11) is 1.55. The first-order valence-electron chi connectivity index (χ1n) is 6.12. The number of anilines is 1. The van der Waals surface area contributed by atoms with Crippen molar-refractivity contribution in [3.05, 3.63) is 30.3 Å². The standard InChI is InChI=1S/C14H20N2O3/c1-14(2,12(17)15-9-10-19-3)13(18)16-11-7-5-4-6-8-11/h4-8H,9-10H2,1-3H3,(H,15,17)(H,16,18). The zero-order chi connectivity index (χ0) is 14.3. The van der Waals surface area contributed by atoms with Crippen LogP contribution < -0.4 is 10.6 Å². The molecule has 0 aliphatic rings. The number of benzene rings is 1. The number of methoxy groups -OCH3 is 1. The summed E-state index contributed by atoms with van der Waals surface area (Å²) >= 11 is 0. The zero-order valence-corrected chi connectivity index (χ0v) is 11.5. The summed E-state index contributed by atoms with van der Waals surface area (Å²) in [6, 6.07) is 9.05. The lowest BCUT2D eigenvalue weighted by atomic mass is 9.91. The molecule has 0 saturated heterocycles. The molecule has 0 fully saturated rings. The van der Waals surface area contributed by atoms with Gasteiger partial charge in [-0.2, -0.15) is 0 Å². The molecule has 1 aromatic rings. The normalized spacial score (nSPS) is 10.9. The van der Waals surface area contributed by atoms with E-state index in [2.05, 4.69) is 10.6 Å². The van der Waals surface area contributed by atoms with Crippen molar-refractivity contribution in [3.8, 4) is 0 Å². The van der Waals surface area contributed by atoms with Gasteiger partial charge >= 0.3 is 0 Å². The highest BCUT2D eigenvalue weighted by Crippen LogP contribution is 2.18. The number of hydrogen-bond donors (Lipinski definition) is 2. The number of amides is 2. The van der Waals surface area contributed by atoms with E-state index in [-0.39, 0.29) is 11.8 Å². The predicted octanol–water partition coefficient (Wildman–Crippen LogP) is 1.41. The third-order valence-electron chi connectivity index (χ3n) is 2.76. The molecule has 0 radical (unpaired) electrons. The van der Waals surface area contributed by atoms with E-state index >= 15 is 0 Å². The lowest BCUT2D eigenvalue weighted by Crippen LogP contribution is -2.45. The molecular formula is C14H20N2O3. The lowest BCUT2D eigenvalue weighted by Gasteiger charge is -2.22. The highest BCUT2D eigenvalue weighted by Gasteiger charge is 2.35. The fourth-order valence-electron chi connectivity index (χ4n) is 1.40. The van der Waals surface area contributed by atoms with Gasteiger partial charge in [0.05, 0.1) is 6.61 Å². The topological polar surface area (TPSA) is 67.4 Å². The molecule has 0 saturated carbocycles. The van der Waals surface area contributed by atoms with Crippen LogP contribution in [0.1, 0.15) is 13.8 Å². The Hall–Kier alpha value is -1.88. The molecule has 0 spiro atoms. The molecule has 0 aromatic heterocycles. The van der Waals surface area contributed by atoms with Gasteiger partial charge in [-0.05, 0) is 26.0 Å². The highest BCUT2D eigenvalue weighted by atomic mass is 16.5. The number of para-hydroxylation sites is 1. The highest BCUT2D eigenvalue weighted by molar-refractivity contribution is 6.09. The van der Waals surface area contributed by atoms with Gasteiger partial charge in [-0.1, -0.05) is 18.2 Å². The molecule has 5 heteroatoms. The Balaban J connectivity index is 2.60. The van der Waals surface area contributed by atoms with Crippen molar-refractivity contribution in [2.75, 3.05) is 25.6 Å². The number of nitrogens with one attached hydrogen (secondary N) is 2. The van der Waals surface area contributed by atoms with Crippen LogP contribution in [0.15, 0.2) is 30.3 Å². The van der Waals surface area contributed by atoms with E-state index in [4.69, 9.17) is 4.74 Å². The van der Waals surface area contributed by atoms with E-state index in [0.29, 0.717) is 18.8 Å². The molecule has 0 aliphatic heterocycles. The van der Waals surface area contributed by atoms with Gasteiger partial charge < -0.3 is 15.4 Å². The van der Waals surface area contributed by atoms with E-state index in [9.17, 15) is 9.59 Å². The Labute approximate surface area is 113 Å². The summed E-state index contributed by atoms with van der Waals surface area (Å²) in [4.78, 5) is 24.0. The molecule has 104 valence electrons. The number of rotatable bonds is 6. The minimum absolute atomic E-state index is 0.321. The molecule has 0 atom stereocenters. The molecule has 0 bridgehead atoms. The molecule has 2 amide bonds. The molecule has 0 aliphatic carbocycles. The summed E-state index contributed by atoms with van der Waals surface area (Å²) in [6.07, 6.45) is 0. The van der Waals surface area contributed by atoms with Crippen LogP contribution in [-0.2, 0) is 14.3 Å². The average molecular weight is 264 g/mol. The maximum absolute atomic E-state index is 12.1. The summed E-state index contributed by atoms with van der Waals surface area (Å²) in [5.41, 5.74) is -0.464. The molecular weight excluding hydrogens is 244 g/mol. The largest absolute Gasteiger partial charge is 0.383 e. The van der Waals surface area contributed by atoms with Crippen LogP contribution in [0, 0.1) is 5.41 Å². The van der Waals surface area contributed by atoms with Crippen LogP contribution in [0.2, 0.25) is 0 Å². The van der Waals surface area contributed by atoms with Gasteiger partial charge in [0.1, 0.15) is 5.41 Å². The Morgan fingerprint density at radius 3 is 2.37 bits per heavy atom. The second-order valence-electron chi connectivity index (χ2n) is 4.69. The van der Waals surface area contributed by atoms with Gasteiger partial charge in [-0.15, -0.1) is 0 Å². The van der Waals surface area contributed by atoms with Crippen molar-refractivity contribution < 1.29 is 14.3 Å². The van der Waals surface area contributed by atoms with Gasteiger partial charge in [0.2, 0.25) is 11.8 Å². The van der Waals surface area contributed by atoms with E-state index in [1.54, 1.807) is 33.1 Å². The third kappa shape index (κ3) is 4.37. The van der Waals surface area contributed by atoms with Crippen LogP contribution in [0.3, 0.4) is 0 Å². The smallest absolute Gasteiger partial charge is 0.239 e. The van der Waals surface area contributed by atoms with Crippen LogP contribution >= 0.6 is 0 Å². The Morgan fingerprint density at radius 1 is 1.16 bits per heavy atom. The molecule has 0 unspecified atom stereocenters. The van der Waals surface area contributed by atoms with Crippen LogP contribution in [0.4, 0.5) is 5.69 Å².